The van der Waals surface area contributed by atoms with Crippen LogP contribution in [0.5, 0.6) is 0 Å². The standard InChI is InChI=1S/C10H18O3S.Na/c1-2-3-8-13-10(14)7-5-4-6-9(11)12;/h2-8H2,1H3,(H,11,12);/q;+1/p-1. The Morgan fingerprint density at radius 3 is 2.40 bits per heavy atom. The third-order valence-corrected chi connectivity index (χ3v) is 2.09. The van der Waals surface area contributed by atoms with Crippen LogP contribution in [0, 0.1) is 0 Å². The zero-order chi connectivity index (χ0) is 10.8. The van der Waals surface area contributed by atoms with Crippen LogP contribution < -0.4 is 34.7 Å². The zero-order valence-corrected chi connectivity index (χ0v) is 12.4. The first-order valence-corrected chi connectivity index (χ1v) is 5.43. The second-order valence-corrected chi connectivity index (χ2v) is 3.61. The van der Waals surface area contributed by atoms with Crippen molar-refractivity contribution in [3.63, 3.8) is 0 Å². The number of hydrogen-bond donors (Lipinski definition) is 0. The Labute approximate surface area is 119 Å². The molecule has 0 aromatic carbocycles. The van der Waals surface area contributed by atoms with Gasteiger partial charge in [-0.1, -0.05) is 13.3 Å². The van der Waals surface area contributed by atoms with Gasteiger partial charge in [0, 0.05) is 12.4 Å². The van der Waals surface area contributed by atoms with Gasteiger partial charge in [-0.3, -0.25) is 0 Å². The number of hydrogen-bond acceptors (Lipinski definition) is 4. The summed E-state index contributed by atoms with van der Waals surface area (Å²) < 4.78 is 5.26. The van der Waals surface area contributed by atoms with Gasteiger partial charge in [0.1, 0.15) is 0 Å². The molecule has 0 radical (unpaired) electrons. The quantitative estimate of drug-likeness (QED) is 0.293. The number of carboxylic acids is 1. The molecule has 0 N–H and O–H groups in total. The number of thiocarbonyl (C=S) groups is 1. The van der Waals surface area contributed by atoms with E-state index in [1.54, 1.807) is 0 Å². The molecular weight excluding hydrogens is 223 g/mol. The topological polar surface area (TPSA) is 49.4 Å². The van der Waals surface area contributed by atoms with E-state index >= 15 is 0 Å². The fraction of sp³-hybridized carbons (Fsp3) is 0.800. The monoisotopic (exact) mass is 240 g/mol. The fourth-order valence-electron chi connectivity index (χ4n) is 0.941. The van der Waals surface area contributed by atoms with Crippen molar-refractivity contribution < 1.29 is 44.2 Å². The van der Waals surface area contributed by atoms with Gasteiger partial charge in [0.25, 0.3) is 0 Å². The molecule has 0 rings (SSSR count). The molecule has 0 saturated carbocycles. The van der Waals surface area contributed by atoms with Gasteiger partial charge < -0.3 is 14.6 Å². The van der Waals surface area contributed by atoms with Crippen molar-refractivity contribution in [1.29, 1.82) is 0 Å². The van der Waals surface area contributed by atoms with Gasteiger partial charge >= 0.3 is 29.6 Å². The summed E-state index contributed by atoms with van der Waals surface area (Å²) in [5.41, 5.74) is 0. The molecule has 0 bridgehead atoms. The van der Waals surface area contributed by atoms with Gasteiger partial charge in [-0.2, -0.15) is 0 Å². The van der Waals surface area contributed by atoms with Crippen molar-refractivity contribution in [2.24, 2.45) is 0 Å². The van der Waals surface area contributed by atoms with Crippen LogP contribution in [0.15, 0.2) is 0 Å². The van der Waals surface area contributed by atoms with Crippen LogP contribution in [-0.4, -0.2) is 17.6 Å². The van der Waals surface area contributed by atoms with Gasteiger partial charge in [0.2, 0.25) is 0 Å². The Hall–Kier alpha value is 0.360. The van der Waals surface area contributed by atoms with E-state index in [9.17, 15) is 9.90 Å². The molecule has 82 valence electrons. The number of unbranched alkanes of at least 4 members (excludes halogenated alkanes) is 2. The average molecular weight is 240 g/mol. The SMILES string of the molecule is CCCCOC(=S)CCCCC(=O)[O-].[Na+]. The average Bonchev–Trinajstić information content (AvgIpc) is 2.13. The molecule has 0 aliphatic carbocycles. The van der Waals surface area contributed by atoms with Gasteiger partial charge in [0.15, 0.2) is 5.05 Å². The fourth-order valence-corrected chi connectivity index (χ4v) is 1.17. The number of carbonyl (C=O) groups is 1. The second-order valence-electron chi connectivity index (χ2n) is 3.15. The van der Waals surface area contributed by atoms with Crippen LogP contribution in [0.1, 0.15) is 45.4 Å². The van der Waals surface area contributed by atoms with E-state index in [2.05, 4.69) is 6.92 Å². The zero-order valence-electron chi connectivity index (χ0n) is 9.58. The Balaban J connectivity index is 0. The minimum absolute atomic E-state index is 0. The van der Waals surface area contributed by atoms with E-state index in [1.807, 2.05) is 0 Å². The Kier molecular flexibility index (Phi) is 14.7. The van der Waals surface area contributed by atoms with Gasteiger partial charge in [-0.15, -0.1) is 0 Å². The number of rotatable bonds is 8. The summed E-state index contributed by atoms with van der Waals surface area (Å²) in [6, 6.07) is 0. The molecule has 0 aliphatic heterocycles. The molecule has 0 spiro atoms. The van der Waals surface area contributed by atoms with Crippen molar-refractivity contribution in [2.75, 3.05) is 6.61 Å². The van der Waals surface area contributed by atoms with E-state index in [-0.39, 0.29) is 36.0 Å². The van der Waals surface area contributed by atoms with Gasteiger partial charge in [-0.05, 0) is 37.9 Å². The van der Waals surface area contributed by atoms with Gasteiger partial charge in [-0.25, -0.2) is 0 Å². The van der Waals surface area contributed by atoms with Crippen LogP contribution in [0.3, 0.4) is 0 Å². The van der Waals surface area contributed by atoms with E-state index in [0.717, 1.165) is 19.3 Å². The Morgan fingerprint density at radius 1 is 1.27 bits per heavy atom. The molecule has 0 aromatic rings. The first-order chi connectivity index (χ1) is 6.66. The van der Waals surface area contributed by atoms with Crippen molar-refractivity contribution in [3.05, 3.63) is 0 Å². The van der Waals surface area contributed by atoms with Crippen LogP contribution in [0.25, 0.3) is 0 Å². The predicted octanol–water partition coefficient (Wildman–Crippen LogP) is -1.56. The number of ether oxygens (including phenoxy) is 1. The molecule has 0 fully saturated rings. The Morgan fingerprint density at radius 2 is 1.87 bits per heavy atom. The largest absolute Gasteiger partial charge is 1.00 e. The number of aliphatic carboxylic acids is 1. The van der Waals surface area contributed by atoms with Crippen molar-refractivity contribution in [1.82, 2.24) is 0 Å². The molecule has 3 nitrogen and oxygen atoms in total. The van der Waals surface area contributed by atoms with Crippen molar-refractivity contribution >= 4 is 23.2 Å². The maximum atomic E-state index is 10.1. The molecule has 0 amide bonds. The number of carbonyl (C=O) groups excluding carboxylic acids is 1. The Bertz CT molecular complexity index is 186. The van der Waals surface area contributed by atoms with Crippen molar-refractivity contribution in [2.45, 2.75) is 45.4 Å². The van der Waals surface area contributed by atoms with Crippen LogP contribution in [0.2, 0.25) is 0 Å². The van der Waals surface area contributed by atoms with Crippen LogP contribution in [-0.2, 0) is 9.53 Å². The van der Waals surface area contributed by atoms with Gasteiger partial charge in [0.05, 0.1) is 6.61 Å². The molecule has 0 saturated heterocycles. The van der Waals surface area contributed by atoms with Crippen LogP contribution >= 0.6 is 12.2 Å². The maximum Gasteiger partial charge on any atom is 1.00 e. The third-order valence-electron chi connectivity index (χ3n) is 1.77. The molecular formula is C10H17NaO3S. The third kappa shape index (κ3) is 14.4. The molecule has 0 heterocycles. The maximum absolute atomic E-state index is 10.1. The van der Waals surface area contributed by atoms with Crippen LogP contribution in [0.4, 0.5) is 0 Å². The first kappa shape index (κ1) is 17.7. The van der Waals surface area contributed by atoms with E-state index in [1.165, 1.54) is 0 Å². The predicted molar refractivity (Wildman–Crippen MR) is 56.9 cm³/mol. The van der Waals surface area contributed by atoms with E-state index < -0.39 is 5.97 Å². The first-order valence-electron chi connectivity index (χ1n) is 5.02. The molecule has 0 aliphatic rings. The molecule has 5 heteroatoms. The molecule has 15 heavy (non-hydrogen) atoms. The van der Waals surface area contributed by atoms with E-state index in [4.69, 9.17) is 17.0 Å². The smallest absolute Gasteiger partial charge is 0.550 e. The van der Waals surface area contributed by atoms with E-state index in [0.29, 0.717) is 24.5 Å². The summed E-state index contributed by atoms with van der Waals surface area (Å²) in [6.07, 6.45) is 4.26. The molecule has 0 unspecified atom stereocenters. The second kappa shape index (κ2) is 12.4. The molecule has 0 aromatic heterocycles. The summed E-state index contributed by atoms with van der Waals surface area (Å²) in [4.78, 5) is 10.1. The minimum Gasteiger partial charge on any atom is -0.550 e. The summed E-state index contributed by atoms with van der Waals surface area (Å²) in [7, 11) is 0. The normalized spacial score (nSPS) is 9.13. The van der Waals surface area contributed by atoms with Crippen molar-refractivity contribution in [3.8, 4) is 0 Å². The summed E-state index contributed by atoms with van der Waals surface area (Å²) in [5, 5.41) is 10.7. The summed E-state index contributed by atoms with van der Waals surface area (Å²) in [6.45, 7) is 2.77. The summed E-state index contributed by atoms with van der Waals surface area (Å²) >= 11 is 4.96. The summed E-state index contributed by atoms with van der Waals surface area (Å²) in [5.74, 6) is -0.997. The number of carboxylic acid groups (broad SMARTS) is 1. The minimum atomic E-state index is -0.997. The molecule has 0 atom stereocenters.